The Morgan fingerprint density at radius 1 is 1.25 bits per heavy atom. The van der Waals surface area contributed by atoms with Crippen molar-refractivity contribution in [2.75, 3.05) is 5.32 Å². The minimum atomic E-state index is -0.280. The van der Waals surface area contributed by atoms with E-state index in [0.717, 1.165) is 41.3 Å². The van der Waals surface area contributed by atoms with Crippen LogP contribution in [0.3, 0.4) is 0 Å². The number of carbonyl (C=O) groups is 1. The average molecular weight is 344 g/mol. The van der Waals surface area contributed by atoms with E-state index < -0.39 is 0 Å². The molecule has 4 rings (SSSR count). The molecule has 3 heterocycles. The molecule has 0 radical (unpaired) electrons. The molecule has 0 saturated carbocycles. The lowest BCUT2D eigenvalue weighted by Gasteiger charge is -2.34. The molecular weight excluding hydrogens is 320 g/mol. The van der Waals surface area contributed by atoms with Crippen LogP contribution in [-0.4, -0.2) is 5.91 Å². The van der Waals surface area contributed by atoms with Crippen molar-refractivity contribution in [1.82, 2.24) is 5.32 Å². The summed E-state index contributed by atoms with van der Waals surface area (Å²) in [7, 11) is 0. The fourth-order valence-corrected chi connectivity index (χ4v) is 5.14. The zero-order valence-corrected chi connectivity index (χ0v) is 15.5. The SMILES string of the molecule is Cc1ccc([C@@H]2NC(=O)c3c(sc4c3CC[C@@H](C(C)(C)C)C4)N2)o1. The standard InChI is InChI=1S/C19H24N2O2S/c1-10-5-8-13(23-10)16-20-17(22)15-12-7-6-11(19(2,3)4)9-14(12)24-18(15)21-16/h5,8,11,16,21H,6-7,9H2,1-4H3,(H,20,22)/t11-,16-/m1/s1. The van der Waals surface area contributed by atoms with E-state index in [9.17, 15) is 4.79 Å². The number of thiophene rings is 1. The van der Waals surface area contributed by atoms with Gasteiger partial charge in [-0.05, 0) is 55.2 Å². The number of amides is 1. The second kappa shape index (κ2) is 5.38. The lowest BCUT2D eigenvalue weighted by atomic mass is 9.72. The van der Waals surface area contributed by atoms with Crippen LogP contribution in [-0.2, 0) is 12.8 Å². The van der Waals surface area contributed by atoms with Crippen molar-refractivity contribution in [1.29, 1.82) is 0 Å². The van der Waals surface area contributed by atoms with Crippen molar-refractivity contribution in [3.05, 3.63) is 39.7 Å². The molecule has 2 atom stereocenters. The largest absolute Gasteiger partial charge is 0.462 e. The number of hydrogen-bond donors (Lipinski definition) is 2. The maximum atomic E-state index is 12.7. The Morgan fingerprint density at radius 3 is 2.71 bits per heavy atom. The molecule has 0 bridgehead atoms. The monoisotopic (exact) mass is 344 g/mol. The minimum absolute atomic E-state index is 0.0227. The fourth-order valence-electron chi connectivity index (χ4n) is 3.79. The highest BCUT2D eigenvalue weighted by atomic mass is 32.1. The lowest BCUT2D eigenvalue weighted by molar-refractivity contribution is 0.0930. The van der Waals surface area contributed by atoms with Crippen LogP contribution in [0, 0.1) is 18.3 Å². The predicted octanol–water partition coefficient (Wildman–Crippen LogP) is 4.65. The van der Waals surface area contributed by atoms with Crippen molar-refractivity contribution in [2.45, 2.75) is 53.1 Å². The Kier molecular flexibility index (Phi) is 3.53. The first kappa shape index (κ1) is 15.8. The van der Waals surface area contributed by atoms with Crippen LogP contribution in [0.2, 0.25) is 0 Å². The predicted molar refractivity (Wildman–Crippen MR) is 96.6 cm³/mol. The topological polar surface area (TPSA) is 54.3 Å². The van der Waals surface area contributed by atoms with E-state index in [1.54, 1.807) is 11.3 Å². The smallest absolute Gasteiger partial charge is 0.256 e. The molecule has 5 heteroatoms. The van der Waals surface area contributed by atoms with Crippen molar-refractivity contribution in [2.24, 2.45) is 11.3 Å². The second-order valence-electron chi connectivity index (χ2n) is 8.01. The van der Waals surface area contributed by atoms with E-state index in [0.29, 0.717) is 11.3 Å². The van der Waals surface area contributed by atoms with Gasteiger partial charge in [-0.25, -0.2) is 0 Å². The van der Waals surface area contributed by atoms with E-state index in [-0.39, 0.29) is 12.1 Å². The quantitative estimate of drug-likeness (QED) is 0.791. The summed E-state index contributed by atoms with van der Waals surface area (Å²) in [6.07, 6.45) is 2.96. The zero-order valence-electron chi connectivity index (χ0n) is 14.7. The first-order chi connectivity index (χ1) is 11.3. The van der Waals surface area contributed by atoms with Crippen LogP contribution in [0.25, 0.3) is 0 Å². The van der Waals surface area contributed by atoms with Gasteiger partial charge < -0.3 is 15.1 Å². The summed E-state index contributed by atoms with van der Waals surface area (Å²) in [6, 6.07) is 3.84. The molecule has 0 fully saturated rings. The molecule has 4 nitrogen and oxygen atoms in total. The summed E-state index contributed by atoms with van der Waals surface area (Å²) in [5.41, 5.74) is 2.43. The molecule has 1 aliphatic carbocycles. The lowest BCUT2D eigenvalue weighted by Crippen LogP contribution is -2.38. The van der Waals surface area contributed by atoms with Crippen LogP contribution in [0.15, 0.2) is 16.5 Å². The number of furan rings is 1. The van der Waals surface area contributed by atoms with E-state index in [1.807, 2.05) is 19.1 Å². The molecule has 0 spiro atoms. The molecule has 2 aromatic heterocycles. The van der Waals surface area contributed by atoms with Crippen molar-refractivity contribution in [3.63, 3.8) is 0 Å². The van der Waals surface area contributed by atoms with Crippen LogP contribution in [0.5, 0.6) is 0 Å². The van der Waals surface area contributed by atoms with Gasteiger partial charge in [-0.3, -0.25) is 4.79 Å². The van der Waals surface area contributed by atoms with Crippen LogP contribution < -0.4 is 10.6 Å². The Labute approximate surface area is 146 Å². The van der Waals surface area contributed by atoms with Gasteiger partial charge in [0, 0.05) is 4.88 Å². The van der Waals surface area contributed by atoms with Crippen molar-refractivity contribution < 1.29 is 9.21 Å². The van der Waals surface area contributed by atoms with Gasteiger partial charge in [0.05, 0.1) is 5.56 Å². The molecule has 1 amide bonds. The van der Waals surface area contributed by atoms with Gasteiger partial charge in [0.1, 0.15) is 16.5 Å². The van der Waals surface area contributed by atoms with Gasteiger partial charge in [0.2, 0.25) is 0 Å². The summed E-state index contributed by atoms with van der Waals surface area (Å²) in [4.78, 5) is 14.1. The Balaban J connectivity index is 1.65. The molecule has 128 valence electrons. The van der Waals surface area contributed by atoms with Gasteiger partial charge in [-0.15, -0.1) is 11.3 Å². The van der Waals surface area contributed by atoms with E-state index >= 15 is 0 Å². The molecule has 24 heavy (non-hydrogen) atoms. The molecule has 0 aromatic carbocycles. The molecule has 2 aliphatic rings. The van der Waals surface area contributed by atoms with Crippen molar-refractivity contribution >= 4 is 22.2 Å². The van der Waals surface area contributed by atoms with Crippen LogP contribution >= 0.6 is 11.3 Å². The number of nitrogens with one attached hydrogen (secondary N) is 2. The summed E-state index contributed by atoms with van der Waals surface area (Å²) in [5, 5.41) is 7.50. The fraction of sp³-hybridized carbons (Fsp3) is 0.526. The van der Waals surface area contributed by atoms with Crippen LogP contribution in [0.4, 0.5) is 5.00 Å². The highest BCUT2D eigenvalue weighted by Crippen LogP contribution is 2.46. The number of fused-ring (bicyclic) bond motifs is 3. The van der Waals surface area contributed by atoms with E-state index in [2.05, 4.69) is 31.4 Å². The number of carbonyl (C=O) groups excluding carboxylic acids is 1. The second-order valence-corrected chi connectivity index (χ2v) is 9.12. The maximum absolute atomic E-state index is 12.7. The van der Waals surface area contributed by atoms with Gasteiger partial charge >= 0.3 is 0 Å². The van der Waals surface area contributed by atoms with Gasteiger partial charge in [0.15, 0.2) is 6.17 Å². The molecule has 0 unspecified atom stereocenters. The first-order valence-corrected chi connectivity index (χ1v) is 9.43. The van der Waals surface area contributed by atoms with E-state index in [1.165, 1.54) is 10.4 Å². The highest BCUT2D eigenvalue weighted by Gasteiger charge is 2.36. The summed E-state index contributed by atoms with van der Waals surface area (Å²) in [5.74, 6) is 2.31. The van der Waals surface area contributed by atoms with Gasteiger partial charge in [0.25, 0.3) is 5.91 Å². The third kappa shape index (κ3) is 2.55. The number of aryl methyl sites for hydroxylation is 1. The summed E-state index contributed by atoms with van der Waals surface area (Å²) in [6.45, 7) is 8.86. The first-order valence-electron chi connectivity index (χ1n) is 8.61. The van der Waals surface area contributed by atoms with Gasteiger partial charge in [-0.2, -0.15) is 0 Å². The zero-order chi connectivity index (χ0) is 17.1. The number of rotatable bonds is 1. The van der Waals surface area contributed by atoms with Gasteiger partial charge in [-0.1, -0.05) is 20.8 Å². The third-order valence-electron chi connectivity index (χ3n) is 5.31. The Morgan fingerprint density at radius 2 is 2.04 bits per heavy atom. The summed E-state index contributed by atoms with van der Waals surface area (Å²) >= 11 is 1.75. The highest BCUT2D eigenvalue weighted by molar-refractivity contribution is 7.16. The van der Waals surface area contributed by atoms with E-state index in [4.69, 9.17) is 4.42 Å². The maximum Gasteiger partial charge on any atom is 0.256 e. The molecule has 2 aromatic rings. The molecule has 1 aliphatic heterocycles. The van der Waals surface area contributed by atoms with Crippen LogP contribution in [0.1, 0.15) is 65.7 Å². The summed E-state index contributed by atoms with van der Waals surface area (Å²) < 4.78 is 5.68. The molecule has 0 saturated heterocycles. The average Bonchev–Trinajstić information content (AvgIpc) is 3.08. The molecular formula is C19H24N2O2S. The minimum Gasteiger partial charge on any atom is -0.462 e. The Bertz CT molecular complexity index is 797. The number of anilines is 1. The van der Waals surface area contributed by atoms with Crippen molar-refractivity contribution in [3.8, 4) is 0 Å². The number of hydrogen-bond acceptors (Lipinski definition) is 4. The normalized spacial score (nSPS) is 23.2. The Hall–Kier alpha value is -1.75. The third-order valence-corrected chi connectivity index (χ3v) is 6.50. The molecule has 2 N–H and O–H groups in total.